The van der Waals surface area contributed by atoms with E-state index >= 15 is 0 Å². The first-order chi connectivity index (χ1) is 18.4. The Morgan fingerprint density at radius 3 is 2.37 bits per heavy atom. The highest BCUT2D eigenvalue weighted by molar-refractivity contribution is 7.13. The summed E-state index contributed by atoms with van der Waals surface area (Å²) in [7, 11) is 0. The van der Waals surface area contributed by atoms with E-state index in [4.69, 9.17) is 0 Å². The van der Waals surface area contributed by atoms with Gasteiger partial charge in [-0.3, -0.25) is 14.7 Å². The molecule has 10 nitrogen and oxygen atoms in total. The number of urea groups is 1. The van der Waals surface area contributed by atoms with Crippen LogP contribution in [0.1, 0.15) is 22.4 Å². The average molecular weight is 533 g/mol. The van der Waals surface area contributed by atoms with Gasteiger partial charge in [0, 0.05) is 30.2 Å². The molecule has 2 amide bonds. The molecule has 11 heteroatoms. The van der Waals surface area contributed by atoms with E-state index in [9.17, 15) is 19.5 Å². The lowest BCUT2D eigenvalue weighted by atomic mass is 9.99. The highest BCUT2D eigenvalue weighted by Crippen LogP contribution is 2.18. The van der Waals surface area contributed by atoms with Gasteiger partial charge in [0.25, 0.3) is 0 Å². The van der Waals surface area contributed by atoms with Crippen LogP contribution in [0.5, 0.6) is 0 Å². The van der Waals surface area contributed by atoms with Crippen molar-refractivity contribution in [1.29, 1.82) is 0 Å². The third kappa shape index (κ3) is 7.50. The Kier molecular flexibility index (Phi) is 8.83. The number of anilines is 2. The summed E-state index contributed by atoms with van der Waals surface area (Å²) in [6, 6.07) is 18.6. The molecule has 0 radical (unpaired) electrons. The Labute approximate surface area is 223 Å². The fourth-order valence-corrected chi connectivity index (χ4v) is 4.52. The molecule has 2 aromatic heterocycles. The number of carbonyl (C=O) groups excluding carboxylic acids is 1. The summed E-state index contributed by atoms with van der Waals surface area (Å²) in [5.41, 5.74) is 2.72. The fraction of sp³-hybridized carbons (Fsp3) is 0.222. The second-order valence-electron chi connectivity index (χ2n) is 8.72. The molecule has 0 aliphatic carbocycles. The maximum absolute atomic E-state index is 12.7. The molecule has 0 saturated heterocycles. The first-order valence-corrected chi connectivity index (χ1v) is 12.9. The molecule has 1 atom stereocenters. The van der Waals surface area contributed by atoms with Crippen LogP contribution in [-0.4, -0.2) is 31.6 Å². The van der Waals surface area contributed by atoms with Crippen molar-refractivity contribution in [3.63, 3.8) is 0 Å². The topological polar surface area (TPSA) is 138 Å². The molecule has 0 saturated carbocycles. The molecule has 4 aromatic rings. The van der Waals surface area contributed by atoms with Crippen LogP contribution in [0.4, 0.5) is 15.7 Å². The van der Waals surface area contributed by atoms with Gasteiger partial charge in [-0.25, -0.2) is 14.6 Å². The summed E-state index contributed by atoms with van der Waals surface area (Å²) < 4.78 is 1.33. The maximum atomic E-state index is 12.7. The molecular formula is C27H28N6O4S. The molecule has 0 bridgehead atoms. The van der Waals surface area contributed by atoms with E-state index in [0.717, 1.165) is 11.1 Å². The van der Waals surface area contributed by atoms with Crippen molar-refractivity contribution in [2.45, 2.75) is 33.0 Å². The zero-order valence-electron chi connectivity index (χ0n) is 20.8. The maximum Gasteiger partial charge on any atom is 0.349 e. The van der Waals surface area contributed by atoms with Crippen LogP contribution in [-0.2, 0) is 30.8 Å². The van der Waals surface area contributed by atoms with E-state index in [1.807, 2.05) is 60.7 Å². The Balaban J connectivity index is 1.32. The smallest absolute Gasteiger partial charge is 0.349 e. The Morgan fingerprint density at radius 2 is 1.68 bits per heavy atom. The van der Waals surface area contributed by atoms with Gasteiger partial charge in [0.2, 0.25) is 0 Å². The van der Waals surface area contributed by atoms with E-state index in [0.29, 0.717) is 41.7 Å². The number of aryl methyl sites for hydroxylation is 1. The number of benzene rings is 2. The standard InChI is InChI=1S/C27H28N6O4S/c1-18-15-33(16-21(24(34)35)12-19-8-4-2-5-9-19)27(37)31-23(18)28-14-22-17-38-26(30-22)32-25(36)29-13-20-10-6-3-7-11-20/h2-11,15,17,21H,12-14,16H2,1H3,(H,34,35)(H,28,31,37)(H2,29,30,32,36). The molecule has 0 aliphatic heterocycles. The van der Waals surface area contributed by atoms with E-state index in [2.05, 4.69) is 25.9 Å². The Morgan fingerprint density at radius 1 is 1.00 bits per heavy atom. The second kappa shape index (κ2) is 12.6. The summed E-state index contributed by atoms with van der Waals surface area (Å²) in [6.07, 6.45) is 1.93. The number of carbonyl (C=O) groups is 2. The van der Waals surface area contributed by atoms with Crippen molar-refractivity contribution in [3.8, 4) is 0 Å². The number of aliphatic carboxylic acids is 1. The van der Waals surface area contributed by atoms with Crippen molar-refractivity contribution < 1.29 is 14.7 Å². The summed E-state index contributed by atoms with van der Waals surface area (Å²) in [5.74, 6) is -1.34. The van der Waals surface area contributed by atoms with E-state index < -0.39 is 17.6 Å². The van der Waals surface area contributed by atoms with Crippen LogP contribution in [0.3, 0.4) is 0 Å². The molecule has 196 valence electrons. The number of hydrogen-bond acceptors (Lipinski definition) is 7. The number of carboxylic acid groups (broad SMARTS) is 1. The van der Waals surface area contributed by atoms with Crippen LogP contribution >= 0.6 is 11.3 Å². The third-order valence-electron chi connectivity index (χ3n) is 5.77. The largest absolute Gasteiger partial charge is 0.481 e. The molecule has 4 N–H and O–H groups in total. The predicted octanol–water partition coefficient (Wildman–Crippen LogP) is 3.89. The normalized spacial score (nSPS) is 11.5. The van der Waals surface area contributed by atoms with Gasteiger partial charge >= 0.3 is 17.7 Å². The predicted molar refractivity (Wildman–Crippen MR) is 146 cm³/mol. The minimum Gasteiger partial charge on any atom is -0.481 e. The Bertz CT molecular complexity index is 1440. The molecular weight excluding hydrogens is 504 g/mol. The van der Waals surface area contributed by atoms with Gasteiger partial charge in [-0.2, -0.15) is 4.98 Å². The van der Waals surface area contributed by atoms with Gasteiger partial charge in [0.15, 0.2) is 5.13 Å². The first kappa shape index (κ1) is 26.6. The van der Waals surface area contributed by atoms with Gasteiger partial charge in [-0.15, -0.1) is 11.3 Å². The van der Waals surface area contributed by atoms with Gasteiger partial charge in [-0.1, -0.05) is 60.7 Å². The van der Waals surface area contributed by atoms with Gasteiger partial charge in [-0.05, 0) is 24.5 Å². The number of aromatic nitrogens is 3. The summed E-state index contributed by atoms with van der Waals surface area (Å²) in [5, 5.41) is 20.5. The number of nitrogens with one attached hydrogen (secondary N) is 3. The number of nitrogens with zero attached hydrogens (tertiary/aromatic N) is 3. The van der Waals surface area contributed by atoms with Crippen molar-refractivity contribution in [2.75, 3.05) is 10.6 Å². The van der Waals surface area contributed by atoms with Crippen molar-refractivity contribution in [1.82, 2.24) is 19.9 Å². The van der Waals surface area contributed by atoms with Crippen LogP contribution in [0.15, 0.2) is 77.0 Å². The van der Waals surface area contributed by atoms with E-state index in [-0.39, 0.29) is 12.6 Å². The lowest BCUT2D eigenvalue weighted by Gasteiger charge is -2.16. The zero-order valence-corrected chi connectivity index (χ0v) is 21.6. The highest BCUT2D eigenvalue weighted by atomic mass is 32.1. The molecule has 4 rings (SSSR count). The highest BCUT2D eigenvalue weighted by Gasteiger charge is 2.20. The second-order valence-corrected chi connectivity index (χ2v) is 9.58. The lowest BCUT2D eigenvalue weighted by Crippen LogP contribution is -2.31. The number of carboxylic acids is 1. The number of hydrogen-bond donors (Lipinski definition) is 4. The molecule has 38 heavy (non-hydrogen) atoms. The Hall–Kier alpha value is -4.51. The molecule has 0 fully saturated rings. The van der Waals surface area contributed by atoms with E-state index in [1.165, 1.54) is 15.9 Å². The van der Waals surface area contributed by atoms with Gasteiger partial charge in [0.05, 0.1) is 18.2 Å². The van der Waals surface area contributed by atoms with Crippen LogP contribution in [0, 0.1) is 12.8 Å². The quantitative estimate of drug-likeness (QED) is 0.230. The minimum absolute atomic E-state index is 0.0185. The van der Waals surface area contributed by atoms with Crippen LogP contribution in [0.25, 0.3) is 0 Å². The van der Waals surface area contributed by atoms with Gasteiger partial charge in [0.1, 0.15) is 5.82 Å². The summed E-state index contributed by atoms with van der Waals surface area (Å²) >= 11 is 1.29. The fourth-order valence-electron chi connectivity index (χ4n) is 3.81. The number of amides is 2. The number of thiazole rings is 1. The molecule has 2 heterocycles. The van der Waals surface area contributed by atoms with Gasteiger partial charge < -0.3 is 15.7 Å². The number of rotatable bonds is 11. The van der Waals surface area contributed by atoms with Crippen LogP contribution in [0.2, 0.25) is 0 Å². The van der Waals surface area contributed by atoms with Crippen molar-refractivity contribution in [3.05, 3.63) is 105 Å². The van der Waals surface area contributed by atoms with E-state index in [1.54, 1.807) is 18.5 Å². The SMILES string of the molecule is Cc1cn(CC(Cc2ccccc2)C(=O)O)c(=O)nc1NCc1csc(NC(=O)NCc2ccccc2)n1. The third-order valence-corrected chi connectivity index (χ3v) is 6.58. The van der Waals surface area contributed by atoms with Crippen molar-refractivity contribution in [2.24, 2.45) is 5.92 Å². The van der Waals surface area contributed by atoms with Crippen molar-refractivity contribution >= 4 is 34.3 Å². The molecule has 0 spiro atoms. The minimum atomic E-state index is -0.970. The molecule has 2 aromatic carbocycles. The average Bonchev–Trinajstić information content (AvgIpc) is 3.36. The molecule has 1 unspecified atom stereocenters. The summed E-state index contributed by atoms with van der Waals surface area (Å²) in [6.45, 7) is 2.52. The monoisotopic (exact) mass is 532 g/mol. The zero-order chi connectivity index (χ0) is 26.9. The molecule has 0 aliphatic rings. The lowest BCUT2D eigenvalue weighted by molar-refractivity contribution is -0.142. The summed E-state index contributed by atoms with van der Waals surface area (Å²) in [4.78, 5) is 45.1. The van der Waals surface area contributed by atoms with Crippen LogP contribution < -0.4 is 21.6 Å². The first-order valence-electron chi connectivity index (χ1n) is 12.0.